The van der Waals surface area contributed by atoms with E-state index in [0.29, 0.717) is 29.3 Å². The Labute approximate surface area is 173 Å². The van der Waals surface area contributed by atoms with E-state index in [2.05, 4.69) is 69.2 Å². The highest BCUT2D eigenvalue weighted by molar-refractivity contribution is 4.78. The first kappa shape index (κ1) is 27.0. The largest absolute Gasteiger partial charge is 0.396 e. The number of hydrogen-bond donors (Lipinski definition) is 1. The van der Waals surface area contributed by atoms with Crippen LogP contribution in [0.1, 0.15) is 121 Å². The molecule has 0 heterocycles. The van der Waals surface area contributed by atoms with Gasteiger partial charge in [0.25, 0.3) is 0 Å². The maximum absolute atomic E-state index is 10.0. The minimum atomic E-state index is 0.352. The summed E-state index contributed by atoms with van der Waals surface area (Å²) in [5, 5.41) is 10.0. The van der Waals surface area contributed by atoms with Crippen molar-refractivity contribution in [2.45, 2.75) is 121 Å². The molecule has 0 rings (SSSR count). The van der Waals surface area contributed by atoms with Crippen LogP contribution in [-0.2, 0) is 0 Å². The molecule has 0 aromatic rings. The molecule has 0 aliphatic heterocycles. The van der Waals surface area contributed by atoms with Gasteiger partial charge in [0.2, 0.25) is 0 Å². The molecule has 3 unspecified atom stereocenters. The van der Waals surface area contributed by atoms with E-state index in [0.717, 1.165) is 17.8 Å². The zero-order valence-electron chi connectivity index (χ0n) is 20.7. The van der Waals surface area contributed by atoms with Crippen molar-refractivity contribution in [1.82, 2.24) is 0 Å². The standard InChI is InChI=1S/C26H54O/c1-20(2)13-15-25(7,8)17-22(5)11-12-24(19-27)23(6)18-26(9,10)16-14-21(3)4/h20-24,27H,11-19H2,1-10H3. The minimum Gasteiger partial charge on any atom is -0.396 e. The van der Waals surface area contributed by atoms with E-state index < -0.39 is 0 Å². The Morgan fingerprint density at radius 3 is 1.48 bits per heavy atom. The van der Waals surface area contributed by atoms with Gasteiger partial charge in [0, 0.05) is 6.61 Å². The van der Waals surface area contributed by atoms with E-state index in [-0.39, 0.29) is 0 Å². The van der Waals surface area contributed by atoms with E-state index >= 15 is 0 Å². The van der Waals surface area contributed by atoms with E-state index in [4.69, 9.17) is 0 Å². The normalized spacial score (nSPS) is 16.8. The molecule has 0 aliphatic rings. The van der Waals surface area contributed by atoms with Gasteiger partial charge in [-0.15, -0.1) is 0 Å². The first-order chi connectivity index (χ1) is 12.3. The van der Waals surface area contributed by atoms with Crippen LogP contribution >= 0.6 is 0 Å². The molecule has 0 radical (unpaired) electrons. The molecule has 0 fully saturated rings. The molecule has 1 N–H and O–H groups in total. The van der Waals surface area contributed by atoms with E-state index in [1.807, 2.05) is 0 Å². The smallest absolute Gasteiger partial charge is 0.0461 e. The second-order valence-corrected chi connectivity index (χ2v) is 12.2. The predicted molar refractivity (Wildman–Crippen MR) is 123 cm³/mol. The highest BCUT2D eigenvalue weighted by Crippen LogP contribution is 2.38. The molecule has 1 nitrogen and oxygen atoms in total. The first-order valence-corrected chi connectivity index (χ1v) is 11.9. The molecule has 164 valence electrons. The lowest BCUT2D eigenvalue weighted by Gasteiger charge is -2.33. The van der Waals surface area contributed by atoms with Gasteiger partial charge in [-0.2, -0.15) is 0 Å². The fourth-order valence-electron chi connectivity index (χ4n) is 4.70. The van der Waals surface area contributed by atoms with Gasteiger partial charge in [0.05, 0.1) is 0 Å². The molecule has 0 spiro atoms. The van der Waals surface area contributed by atoms with Crippen molar-refractivity contribution < 1.29 is 5.11 Å². The average molecular weight is 383 g/mol. The van der Waals surface area contributed by atoms with Gasteiger partial charge in [0.15, 0.2) is 0 Å². The Morgan fingerprint density at radius 2 is 1.07 bits per heavy atom. The second kappa shape index (κ2) is 12.5. The summed E-state index contributed by atoms with van der Waals surface area (Å²) in [5.41, 5.74) is 0.838. The molecule has 0 aromatic heterocycles. The summed E-state index contributed by atoms with van der Waals surface area (Å²) in [4.78, 5) is 0. The topological polar surface area (TPSA) is 20.2 Å². The Bertz CT molecular complexity index is 366. The Hall–Kier alpha value is -0.0400. The van der Waals surface area contributed by atoms with Crippen molar-refractivity contribution in [3.05, 3.63) is 0 Å². The van der Waals surface area contributed by atoms with Crippen LogP contribution < -0.4 is 0 Å². The van der Waals surface area contributed by atoms with Gasteiger partial charge in [-0.25, -0.2) is 0 Å². The van der Waals surface area contributed by atoms with E-state index in [1.54, 1.807) is 0 Å². The van der Waals surface area contributed by atoms with Gasteiger partial charge in [-0.05, 0) is 72.5 Å². The average Bonchev–Trinajstić information content (AvgIpc) is 2.51. The van der Waals surface area contributed by atoms with Crippen LogP contribution in [0.4, 0.5) is 0 Å². The lowest BCUT2D eigenvalue weighted by molar-refractivity contribution is 0.123. The molecular formula is C26H54O. The van der Waals surface area contributed by atoms with Crippen LogP contribution in [-0.4, -0.2) is 11.7 Å². The predicted octanol–water partition coefficient (Wildman–Crippen LogP) is 8.35. The quantitative estimate of drug-likeness (QED) is 0.301. The third kappa shape index (κ3) is 13.7. The Kier molecular flexibility index (Phi) is 12.5. The third-order valence-corrected chi connectivity index (χ3v) is 6.64. The van der Waals surface area contributed by atoms with E-state index in [1.165, 1.54) is 51.4 Å². The monoisotopic (exact) mass is 382 g/mol. The SMILES string of the molecule is CC(C)CCC(C)(C)CC(C)CCC(CO)C(C)CC(C)(C)CCC(C)C. The number of hydrogen-bond acceptors (Lipinski definition) is 1. The van der Waals surface area contributed by atoms with Crippen LogP contribution in [0.5, 0.6) is 0 Å². The molecule has 0 aromatic carbocycles. The van der Waals surface area contributed by atoms with Crippen molar-refractivity contribution in [2.24, 2.45) is 40.4 Å². The summed E-state index contributed by atoms with van der Waals surface area (Å²) in [6.07, 6.45) is 10.3. The summed E-state index contributed by atoms with van der Waals surface area (Å²) < 4.78 is 0. The van der Waals surface area contributed by atoms with Gasteiger partial charge in [-0.3, -0.25) is 0 Å². The molecule has 0 saturated heterocycles. The zero-order valence-corrected chi connectivity index (χ0v) is 20.7. The Balaban J connectivity index is 4.45. The summed E-state index contributed by atoms with van der Waals surface area (Å²) in [5.74, 6) is 3.41. The maximum atomic E-state index is 10.0. The second-order valence-electron chi connectivity index (χ2n) is 12.2. The number of aliphatic hydroxyl groups is 1. The maximum Gasteiger partial charge on any atom is 0.0461 e. The summed E-state index contributed by atoms with van der Waals surface area (Å²) in [6, 6.07) is 0. The Morgan fingerprint density at radius 1 is 0.630 bits per heavy atom. The molecule has 3 atom stereocenters. The van der Waals surface area contributed by atoms with Crippen LogP contribution in [0.2, 0.25) is 0 Å². The van der Waals surface area contributed by atoms with Crippen LogP contribution in [0.25, 0.3) is 0 Å². The van der Waals surface area contributed by atoms with Crippen molar-refractivity contribution in [1.29, 1.82) is 0 Å². The summed E-state index contributed by atoms with van der Waals surface area (Å²) in [7, 11) is 0. The highest BCUT2D eigenvalue weighted by Gasteiger charge is 2.27. The summed E-state index contributed by atoms with van der Waals surface area (Å²) in [6.45, 7) is 24.2. The van der Waals surface area contributed by atoms with Gasteiger partial charge in [0.1, 0.15) is 0 Å². The fraction of sp³-hybridized carbons (Fsp3) is 1.00. The third-order valence-electron chi connectivity index (χ3n) is 6.64. The fourth-order valence-corrected chi connectivity index (χ4v) is 4.70. The lowest BCUT2D eigenvalue weighted by Crippen LogP contribution is -2.24. The van der Waals surface area contributed by atoms with Crippen molar-refractivity contribution >= 4 is 0 Å². The van der Waals surface area contributed by atoms with Crippen molar-refractivity contribution in [3.63, 3.8) is 0 Å². The van der Waals surface area contributed by atoms with Crippen molar-refractivity contribution in [2.75, 3.05) is 6.61 Å². The van der Waals surface area contributed by atoms with Gasteiger partial charge < -0.3 is 5.11 Å². The highest BCUT2D eigenvalue weighted by atomic mass is 16.3. The van der Waals surface area contributed by atoms with Crippen LogP contribution in [0.15, 0.2) is 0 Å². The molecule has 0 saturated carbocycles. The molecule has 27 heavy (non-hydrogen) atoms. The lowest BCUT2D eigenvalue weighted by atomic mass is 9.73. The first-order valence-electron chi connectivity index (χ1n) is 11.9. The van der Waals surface area contributed by atoms with Crippen molar-refractivity contribution in [3.8, 4) is 0 Å². The molecular weight excluding hydrogens is 328 g/mol. The molecule has 0 aliphatic carbocycles. The van der Waals surface area contributed by atoms with Crippen LogP contribution in [0, 0.1) is 40.4 Å². The molecule has 0 bridgehead atoms. The summed E-state index contributed by atoms with van der Waals surface area (Å²) >= 11 is 0. The van der Waals surface area contributed by atoms with Gasteiger partial charge in [-0.1, -0.05) is 88.5 Å². The number of rotatable bonds is 15. The zero-order chi connectivity index (χ0) is 21.3. The molecule has 0 amide bonds. The van der Waals surface area contributed by atoms with Gasteiger partial charge >= 0.3 is 0 Å². The number of aliphatic hydroxyl groups excluding tert-OH is 1. The molecule has 1 heteroatoms. The van der Waals surface area contributed by atoms with Crippen LogP contribution in [0.3, 0.4) is 0 Å². The minimum absolute atomic E-state index is 0.352. The van der Waals surface area contributed by atoms with E-state index in [9.17, 15) is 5.11 Å².